The standard InChI is InChI=1S/C22H27N7O4S/c1-4-17-25-10-11-29(17)18-12-14(8-9-24-18)21(30)26-22(2,3)13-33-16-7-5-6-15-19(16)20(23)28-34(31,32)27-15/h5-12,27,31-32H,4,13H2,1-3H3,(H2,23,28)(H,26,30). The second kappa shape index (κ2) is 8.97. The van der Waals surface area contributed by atoms with E-state index in [1.54, 1.807) is 42.7 Å². The average molecular weight is 486 g/mol. The summed E-state index contributed by atoms with van der Waals surface area (Å²) in [6.45, 7) is 5.79. The largest absolute Gasteiger partial charge is 0.490 e. The van der Waals surface area contributed by atoms with Gasteiger partial charge >= 0.3 is 0 Å². The number of nitrogens with two attached hydrogens (primary N) is 1. The number of rotatable bonds is 7. The molecule has 6 N–H and O–H groups in total. The zero-order valence-corrected chi connectivity index (χ0v) is 19.8. The van der Waals surface area contributed by atoms with Crippen LogP contribution in [0.25, 0.3) is 5.82 Å². The predicted molar refractivity (Wildman–Crippen MR) is 131 cm³/mol. The summed E-state index contributed by atoms with van der Waals surface area (Å²) in [5, 5.41) is 2.98. The quantitative estimate of drug-likeness (QED) is 0.341. The number of nitrogens with zero attached hydrogens (tertiary/aromatic N) is 4. The predicted octanol–water partition coefficient (Wildman–Crippen LogP) is 3.13. The number of aromatic nitrogens is 3. The molecule has 0 bridgehead atoms. The van der Waals surface area contributed by atoms with Gasteiger partial charge in [-0.2, -0.15) is 0 Å². The van der Waals surface area contributed by atoms with Crippen molar-refractivity contribution in [1.29, 1.82) is 0 Å². The van der Waals surface area contributed by atoms with Crippen molar-refractivity contribution in [3.8, 4) is 11.6 Å². The van der Waals surface area contributed by atoms with Crippen molar-refractivity contribution in [3.05, 3.63) is 65.9 Å². The molecule has 12 heteroatoms. The molecule has 0 spiro atoms. The number of anilines is 1. The maximum atomic E-state index is 13.0. The van der Waals surface area contributed by atoms with Crippen molar-refractivity contribution in [2.24, 2.45) is 10.1 Å². The fourth-order valence-corrected chi connectivity index (χ4v) is 4.40. The SMILES string of the molecule is CCc1nccn1-c1cc(C(=O)NC(C)(C)COc2cccc3c2C(N)=NS(O)(O)N3)ccn1. The Balaban J connectivity index is 1.47. The highest BCUT2D eigenvalue weighted by Crippen LogP contribution is 2.46. The van der Waals surface area contributed by atoms with Crippen molar-refractivity contribution >= 4 is 28.4 Å². The Labute approximate surface area is 198 Å². The molecule has 1 aliphatic rings. The molecule has 1 aromatic carbocycles. The lowest BCUT2D eigenvalue weighted by Crippen LogP contribution is -2.48. The van der Waals surface area contributed by atoms with Gasteiger partial charge in [-0.3, -0.25) is 23.2 Å². The van der Waals surface area contributed by atoms with Gasteiger partial charge in [-0.05, 0) is 49.1 Å². The Bertz CT molecular complexity index is 1260. The fraction of sp³-hybridized carbons (Fsp3) is 0.273. The molecule has 2 aromatic heterocycles. The van der Waals surface area contributed by atoms with Crippen molar-refractivity contribution in [3.63, 3.8) is 0 Å². The van der Waals surface area contributed by atoms with E-state index >= 15 is 0 Å². The molecule has 0 atom stereocenters. The van der Waals surface area contributed by atoms with Crippen molar-refractivity contribution in [2.45, 2.75) is 32.7 Å². The molecule has 0 unspecified atom stereocenters. The molecule has 180 valence electrons. The molecule has 0 saturated carbocycles. The highest BCUT2D eigenvalue weighted by Gasteiger charge is 2.27. The Morgan fingerprint density at radius 3 is 2.82 bits per heavy atom. The molecule has 4 rings (SSSR count). The number of carbonyl (C=O) groups excluding carboxylic acids is 1. The van der Waals surface area contributed by atoms with Gasteiger partial charge in [0.05, 0.1) is 16.8 Å². The molecule has 0 aliphatic carbocycles. The van der Waals surface area contributed by atoms with E-state index in [4.69, 9.17) is 10.5 Å². The van der Waals surface area contributed by atoms with E-state index < -0.39 is 16.5 Å². The van der Waals surface area contributed by atoms with Gasteiger partial charge in [0.1, 0.15) is 24.0 Å². The molecule has 1 aliphatic heterocycles. The van der Waals surface area contributed by atoms with Gasteiger partial charge in [-0.1, -0.05) is 13.0 Å². The first-order valence-corrected chi connectivity index (χ1v) is 12.1. The van der Waals surface area contributed by atoms with Crippen molar-refractivity contribution in [2.75, 3.05) is 11.3 Å². The summed E-state index contributed by atoms with van der Waals surface area (Å²) in [5.41, 5.74) is 6.49. The normalized spacial score (nSPS) is 15.5. The van der Waals surface area contributed by atoms with Crippen LogP contribution in [0.1, 0.15) is 42.5 Å². The number of nitrogens with one attached hydrogen (secondary N) is 2. The molecule has 11 nitrogen and oxygen atoms in total. The molecule has 0 saturated heterocycles. The third-order valence-electron chi connectivity index (χ3n) is 5.08. The number of amides is 1. The van der Waals surface area contributed by atoms with E-state index in [2.05, 4.69) is 24.4 Å². The zero-order valence-electron chi connectivity index (χ0n) is 19.0. The zero-order chi connectivity index (χ0) is 24.5. The third-order valence-corrected chi connectivity index (χ3v) is 6.03. The first-order valence-electron chi connectivity index (χ1n) is 10.6. The minimum Gasteiger partial charge on any atom is -0.490 e. The van der Waals surface area contributed by atoms with Crippen LogP contribution in [-0.2, 0) is 6.42 Å². The first kappa shape index (κ1) is 23.5. The lowest BCUT2D eigenvalue weighted by molar-refractivity contribution is 0.0880. The van der Waals surface area contributed by atoms with Crippen LogP contribution in [0.15, 0.2) is 53.3 Å². The second-order valence-electron chi connectivity index (χ2n) is 8.37. The number of aryl methyl sites for hydroxylation is 1. The van der Waals surface area contributed by atoms with Crippen LogP contribution in [-0.4, -0.2) is 47.5 Å². The average Bonchev–Trinajstić information content (AvgIpc) is 3.25. The molecule has 0 radical (unpaired) electrons. The number of hydrogen-bond donors (Lipinski definition) is 5. The van der Waals surface area contributed by atoms with E-state index in [0.29, 0.717) is 28.4 Å². The summed E-state index contributed by atoms with van der Waals surface area (Å²) >= 11 is 0. The number of ether oxygens (including phenoxy) is 1. The van der Waals surface area contributed by atoms with Crippen molar-refractivity contribution < 1.29 is 18.6 Å². The molecule has 0 fully saturated rings. The summed E-state index contributed by atoms with van der Waals surface area (Å²) < 4.78 is 33.7. The van der Waals surface area contributed by atoms with Crippen LogP contribution in [0, 0.1) is 0 Å². The van der Waals surface area contributed by atoms with E-state index in [1.807, 2.05) is 31.5 Å². The highest BCUT2D eigenvalue weighted by molar-refractivity contribution is 8.24. The lowest BCUT2D eigenvalue weighted by Gasteiger charge is -2.34. The number of benzene rings is 1. The van der Waals surface area contributed by atoms with Crippen LogP contribution in [0.5, 0.6) is 5.75 Å². The molecule has 1 amide bonds. The van der Waals surface area contributed by atoms with E-state index in [1.165, 1.54) is 0 Å². The van der Waals surface area contributed by atoms with Gasteiger partial charge in [0, 0.05) is 30.6 Å². The number of amidine groups is 1. The van der Waals surface area contributed by atoms with Gasteiger partial charge in [-0.15, -0.1) is 4.40 Å². The van der Waals surface area contributed by atoms with Crippen LogP contribution < -0.4 is 20.5 Å². The monoisotopic (exact) mass is 485 g/mol. The molecule has 3 heterocycles. The molecule has 3 aromatic rings. The van der Waals surface area contributed by atoms with Gasteiger partial charge in [0.25, 0.3) is 5.91 Å². The van der Waals surface area contributed by atoms with Gasteiger partial charge in [0.15, 0.2) is 5.84 Å². The lowest BCUT2D eigenvalue weighted by atomic mass is 10.1. The number of imidazole rings is 1. The van der Waals surface area contributed by atoms with Crippen LogP contribution in [0.4, 0.5) is 5.69 Å². The third kappa shape index (κ3) is 4.98. The van der Waals surface area contributed by atoms with Crippen molar-refractivity contribution in [1.82, 2.24) is 19.9 Å². The molecular formula is C22H27N7O4S. The summed E-state index contributed by atoms with van der Waals surface area (Å²) in [7, 11) is -3.39. The summed E-state index contributed by atoms with van der Waals surface area (Å²) in [6.07, 6.45) is 5.83. The van der Waals surface area contributed by atoms with Gasteiger partial charge < -0.3 is 15.8 Å². The molecule has 34 heavy (non-hydrogen) atoms. The summed E-state index contributed by atoms with van der Waals surface area (Å²) in [6, 6.07) is 8.40. The maximum absolute atomic E-state index is 13.0. The van der Waals surface area contributed by atoms with Crippen LogP contribution in [0.2, 0.25) is 0 Å². The molecular weight excluding hydrogens is 458 g/mol. The van der Waals surface area contributed by atoms with Gasteiger partial charge in [0.2, 0.25) is 0 Å². The van der Waals surface area contributed by atoms with E-state index in [-0.39, 0.29) is 18.3 Å². The number of carbonyl (C=O) groups is 1. The number of hydrogen-bond acceptors (Lipinski definition) is 9. The topological polar surface area (TPSA) is 160 Å². The van der Waals surface area contributed by atoms with E-state index in [9.17, 15) is 13.9 Å². The first-order chi connectivity index (χ1) is 16.1. The Hall–Kier alpha value is -3.61. The Morgan fingerprint density at radius 2 is 2.06 bits per heavy atom. The Kier molecular flexibility index (Phi) is 6.21. The minimum atomic E-state index is -3.39. The maximum Gasteiger partial charge on any atom is 0.252 e. The fourth-order valence-electron chi connectivity index (χ4n) is 3.52. The number of pyridine rings is 1. The number of fused-ring (bicyclic) bond motifs is 1. The second-order valence-corrected chi connectivity index (χ2v) is 9.80. The highest BCUT2D eigenvalue weighted by atomic mass is 32.3. The van der Waals surface area contributed by atoms with E-state index in [0.717, 1.165) is 12.2 Å². The smallest absolute Gasteiger partial charge is 0.252 e. The van der Waals surface area contributed by atoms with Crippen LogP contribution >= 0.6 is 11.0 Å². The van der Waals surface area contributed by atoms with Crippen LogP contribution in [0.3, 0.4) is 0 Å². The Morgan fingerprint density at radius 1 is 1.26 bits per heavy atom. The van der Waals surface area contributed by atoms with Gasteiger partial charge in [-0.25, -0.2) is 9.97 Å². The summed E-state index contributed by atoms with van der Waals surface area (Å²) in [5.74, 6) is 1.55. The summed E-state index contributed by atoms with van der Waals surface area (Å²) in [4.78, 5) is 21.6. The minimum absolute atomic E-state index is 0.0403.